The predicted molar refractivity (Wildman–Crippen MR) is 84.5 cm³/mol. The summed E-state index contributed by atoms with van der Waals surface area (Å²) in [5.41, 5.74) is 0.850. The fourth-order valence-electron chi connectivity index (χ4n) is 3.02. The summed E-state index contributed by atoms with van der Waals surface area (Å²) in [5, 5.41) is 2.96. The molecule has 1 aliphatic carbocycles. The van der Waals surface area contributed by atoms with Gasteiger partial charge in [0.2, 0.25) is 11.8 Å². The van der Waals surface area contributed by atoms with Crippen LogP contribution in [0.25, 0.3) is 0 Å². The normalized spacial score (nSPS) is 20.5. The first-order valence-electron chi connectivity index (χ1n) is 7.90. The molecule has 0 aromatic heterocycles. The molecule has 1 N–H and O–H groups in total. The Hall–Kier alpha value is -2.24. The lowest BCUT2D eigenvalue weighted by Crippen LogP contribution is -2.38. The Bertz CT molecular complexity index is 613. The fraction of sp³-hybridized carbons (Fsp3) is 0.529. The van der Waals surface area contributed by atoms with Crippen LogP contribution < -0.4 is 14.8 Å². The summed E-state index contributed by atoms with van der Waals surface area (Å²) in [7, 11) is 3.14. The molecule has 6 nitrogen and oxygen atoms in total. The van der Waals surface area contributed by atoms with Crippen molar-refractivity contribution in [2.75, 3.05) is 20.8 Å². The number of hydrogen-bond donors (Lipinski definition) is 1. The van der Waals surface area contributed by atoms with Crippen molar-refractivity contribution >= 4 is 11.8 Å². The topological polar surface area (TPSA) is 67.9 Å². The van der Waals surface area contributed by atoms with Crippen molar-refractivity contribution in [1.82, 2.24) is 10.2 Å². The van der Waals surface area contributed by atoms with Gasteiger partial charge in [0.15, 0.2) is 11.5 Å². The van der Waals surface area contributed by atoms with Gasteiger partial charge in [0.05, 0.1) is 26.7 Å². The highest BCUT2D eigenvalue weighted by molar-refractivity contribution is 5.83. The molecule has 1 saturated heterocycles. The van der Waals surface area contributed by atoms with Crippen LogP contribution >= 0.6 is 0 Å². The molecule has 1 saturated carbocycles. The SMILES string of the molecule is COc1ccc(CC(=O)NC2CC(=O)N(C3CC3)C2)cc1OC. The van der Waals surface area contributed by atoms with Crippen molar-refractivity contribution in [1.29, 1.82) is 0 Å². The van der Waals surface area contributed by atoms with Gasteiger partial charge < -0.3 is 19.7 Å². The summed E-state index contributed by atoms with van der Waals surface area (Å²) in [6, 6.07) is 5.77. The number of carbonyl (C=O) groups excluding carboxylic acids is 2. The number of likely N-dealkylation sites (tertiary alicyclic amines) is 1. The second kappa shape index (κ2) is 6.48. The van der Waals surface area contributed by atoms with Crippen molar-refractivity contribution in [3.63, 3.8) is 0 Å². The molecule has 23 heavy (non-hydrogen) atoms. The standard InChI is InChI=1S/C17H22N2O4/c1-22-14-6-3-11(7-15(14)23-2)8-16(20)18-12-9-17(21)19(10-12)13-4-5-13/h3,6-7,12-13H,4-5,8-10H2,1-2H3,(H,18,20). The number of amides is 2. The zero-order valence-corrected chi connectivity index (χ0v) is 13.5. The fourth-order valence-corrected chi connectivity index (χ4v) is 3.02. The van der Waals surface area contributed by atoms with Crippen molar-refractivity contribution in [3.05, 3.63) is 23.8 Å². The van der Waals surface area contributed by atoms with E-state index in [1.165, 1.54) is 0 Å². The third-order valence-corrected chi connectivity index (χ3v) is 4.32. The molecule has 0 spiro atoms. The maximum atomic E-state index is 12.2. The predicted octanol–water partition coefficient (Wildman–Crippen LogP) is 1.13. The summed E-state index contributed by atoms with van der Waals surface area (Å²) >= 11 is 0. The smallest absolute Gasteiger partial charge is 0.225 e. The second-order valence-corrected chi connectivity index (χ2v) is 6.11. The summed E-state index contributed by atoms with van der Waals surface area (Å²) < 4.78 is 10.4. The van der Waals surface area contributed by atoms with Gasteiger partial charge in [-0.3, -0.25) is 9.59 Å². The number of benzene rings is 1. The zero-order chi connectivity index (χ0) is 16.4. The molecule has 3 rings (SSSR count). The molecule has 1 unspecified atom stereocenters. The molecule has 1 atom stereocenters. The molecule has 2 fully saturated rings. The summed E-state index contributed by atoms with van der Waals surface area (Å²) in [6.07, 6.45) is 2.86. The first-order valence-corrected chi connectivity index (χ1v) is 7.90. The largest absolute Gasteiger partial charge is 0.493 e. The van der Waals surface area contributed by atoms with E-state index in [1.807, 2.05) is 11.0 Å². The van der Waals surface area contributed by atoms with Gasteiger partial charge >= 0.3 is 0 Å². The van der Waals surface area contributed by atoms with E-state index in [9.17, 15) is 9.59 Å². The number of hydrogen-bond acceptors (Lipinski definition) is 4. The minimum atomic E-state index is -0.0762. The van der Waals surface area contributed by atoms with Gasteiger partial charge in [-0.05, 0) is 30.5 Å². The Labute approximate surface area is 135 Å². The van der Waals surface area contributed by atoms with E-state index < -0.39 is 0 Å². The van der Waals surface area contributed by atoms with Gasteiger partial charge in [-0.25, -0.2) is 0 Å². The summed E-state index contributed by atoms with van der Waals surface area (Å²) in [4.78, 5) is 26.0. The third-order valence-electron chi connectivity index (χ3n) is 4.32. The molecular formula is C17H22N2O4. The number of methoxy groups -OCH3 is 2. The molecule has 0 radical (unpaired) electrons. The van der Waals surface area contributed by atoms with Crippen LogP contribution in [0.2, 0.25) is 0 Å². The van der Waals surface area contributed by atoms with Crippen LogP contribution in [0.4, 0.5) is 0 Å². The summed E-state index contributed by atoms with van der Waals surface area (Å²) in [6.45, 7) is 0.640. The lowest BCUT2D eigenvalue weighted by atomic mass is 10.1. The Morgan fingerprint density at radius 2 is 2.00 bits per heavy atom. The van der Waals surface area contributed by atoms with Gasteiger partial charge in [-0.15, -0.1) is 0 Å². The third kappa shape index (κ3) is 3.57. The minimum absolute atomic E-state index is 0.0734. The molecule has 2 aliphatic rings. The van der Waals surface area contributed by atoms with E-state index in [1.54, 1.807) is 26.4 Å². The van der Waals surface area contributed by atoms with Crippen LogP contribution in [-0.2, 0) is 16.0 Å². The van der Waals surface area contributed by atoms with Gasteiger partial charge in [0.25, 0.3) is 0 Å². The first-order chi connectivity index (χ1) is 11.1. The maximum Gasteiger partial charge on any atom is 0.225 e. The van der Waals surface area contributed by atoms with Gasteiger partial charge in [-0.1, -0.05) is 6.07 Å². The molecule has 1 aliphatic heterocycles. The molecule has 1 aromatic carbocycles. The Morgan fingerprint density at radius 1 is 1.26 bits per heavy atom. The molecular weight excluding hydrogens is 296 g/mol. The van der Waals surface area contributed by atoms with Gasteiger partial charge in [0.1, 0.15) is 0 Å². The maximum absolute atomic E-state index is 12.2. The average Bonchev–Trinajstić information content (AvgIpc) is 3.31. The molecule has 2 amide bonds. The molecule has 1 aromatic rings. The average molecular weight is 318 g/mol. The van der Waals surface area contributed by atoms with Gasteiger partial charge in [0, 0.05) is 19.0 Å². The van der Waals surface area contributed by atoms with Crippen LogP contribution in [-0.4, -0.2) is 49.6 Å². The van der Waals surface area contributed by atoms with Crippen molar-refractivity contribution in [3.8, 4) is 11.5 Å². The summed E-state index contributed by atoms with van der Waals surface area (Å²) in [5.74, 6) is 1.32. The van der Waals surface area contributed by atoms with Gasteiger partial charge in [-0.2, -0.15) is 0 Å². The number of rotatable bonds is 6. The number of nitrogens with zero attached hydrogens (tertiary/aromatic N) is 1. The second-order valence-electron chi connectivity index (χ2n) is 6.11. The quantitative estimate of drug-likeness (QED) is 0.854. The van der Waals surface area contributed by atoms with Crippen LogP contribution in [0.5, 0.6) is 11.5 Å². The number of nitrogens with one attached hydrogen (secondary N) is 1. The van der Waals surface area contributed by atoms with Crippen molar-refractivity contribution in [2.45, 2.75) is 37.8 Å². The molecule has 0 bridgehead atoms. The Morgan fingerprint density at radius 3 is 2.65 bits per heavy atom. The lowest BCUT2D eigenvalue weighted by molar-refractivity contribution is -0.128. The highest BCUT2D eigenvalue weighted by Gasteiger charge is 2.39. The lowest BCUT2D eigenvalue weighted by Gasteiger charge is -2.16. The highest BCUT2D eigenvalue weighted by Crippen LogP contribution is 2.31. The van der Waals surface area contributed by atoms with E-state index in [0.29, 0.717) is 30.5 Å². The van der Waals surface area contributed by atoms with E-state index in [-0.39, 0.29) is 24.3 Å². The van der Waals surface area contributed by atoms with E-state index >= 15 is 0 Å². The van der Waals surface area contributed by atoms with Crippen molar-refractivity contribution in [2.24, 2.45) is 0 Å². The highest BCUT2D eigenvalue weighted by atomic mass is 16.5. The van der Waals surface area contributed by atoms with Crippen LogP contribution in [0, 0.1) is 0 Å². The van der Waals surface area contributed by atoms with Crippen LogP contribution in [0.15, 0.2) is 18.2 Å². The van der Waals surface area contributed by atoms with E-state index in [2.05, 4.69) is 5.32 Å². The molecule has 1 heterocycles. The number of ether oxygens (including phenoxy) is 2. The monoisotopic (exact) mass is 318 g/mol. The van der Waals surface area contributed by atoms with E-state index in [4.69, 9.17) is 9.47 Å². The van der Waals surface area contributed by atoms with Crippen molar-refractivity contribution < 1.29 is 19.1 Å². The van der Waals surface area contributed by atoms with Crippen LogP contribution in [0.3, 0.4) is 0 Å². The van der Waals surface area contributed by atoms with Crippen LogP contribution in [0.1, 0.15) is 24.8 Å². The Balaban J connectivity index is 1.56. The zero-order valence-electron chi connectivity index (χ0n) is 13.5. The first kappa shape index (κ1) is 15.6. The number of carbonyl (C=O) groups is 2. The Kier molecular flexibility index (Phi) is 4.41. The molecule has 124 valence electrons. The minimum Gasteiger partial charge on any atom is -0.493 e. The molecule has 6 heteroatoms. The van der Waals surface area contributed by atoms with E-state index in [0.717, 1.165) is 18.4 Å².